The molecule has 0 spiro atoms. The average Bonchev–Trinajstić information content (AvgIpc) is 2.67. The molecule has 5 heteroatoms. The van der Waals surface area contributed by atoms with Crippen LogP contribution in [-0.2, 0) is 9.53 Å². The molecule has 1 aliphatic rings. The van der Waals surface area contributed by atoms with Crippen molar-refractivity contribution in [3.8, 4) is 0 Å². The van der Waals surface area contributed by atoms with Crippen LogP contribution in [0.25, 0.3) is 0 Å². The maximum absolute atomic E-state index is 11.4. The second-order valence-electron chi connectivity index (χ2n) is 4.49. The van der Waals surface area contributed by atoms with Gasteiger partial charge in [-0.1, -0.05) is 6.92 Å². The Hall–Kier alpha value is -0.650. The zero-order chi connectivity index (χ0) is 12.3. The molecule has 1 aliphatic heterocycles. The Morgan fingerprint density at radius 1 is 1.62 bits per heavy atom. The third kappa shape index (κ3) is 2.72. The summed E-state index contributed by atoms with van der Waals surface area (Å²) in [7, 11) is 5.21. The summed E-state index contributed by atoms with van der Waals surface area (Å²) in [6.07, 6.45) is 0.279. The fourth-order valence-corrected chi connectivity index (χ4v) is 2.27. The lowest BCUT2D eigenvalue weighted by Gasteiger charge is -2.28. The minimum absolute atomic E-state index is 0.00255. The van der Waals surface area contributed by atoms with E-state index in [1.165, 1.54) is 0 Å². The predicted molar refractivity (Wildman–Crippen MR) is 61.1 cm³/mol. The lowest BCUT2D eigenvalue weighted by Crippen LogP contribution is -2.45. The second kappa shape index (κ2) is 5.61. The Balaban J connectivity index is 2.60. The van der Waals surface area contributed by atoms with Gasteiger partial charge in [0, 0.05) is 26.7 Å². The van der Waals surface area contributed by atoms with Gasteiger partial charge in [-0.05, 0) is 13.5 Å². The molecule has 1 saturated heterocycles. The maximum Gasteiger partial charge on any atom is 0.225 e. The molecule has 0 aromatic carbocycles. The Bertz CT molecular complexity index is 247. The van der Waals surface area contributed by atoms with E-state index in [4.69, 9.17) is 4.74 Å². The molecular weight excluding hydrogens is 208 g/mol. The summed E-state index contributed by atoms with van der Waals surface area (Å²) in [5.74, 6) is -0.519. The van der Waals surface area contributed by atoms with Gasteiger partial charge in [0.15, 0.2) is 0 Å². The first-order chi connectivity index (χ1) is 7.51. The number of ether oxygens (including phenoxy) is 1. The highest BCUT2D eigenvalue weighted by molar-refractivity contribution is 5.78. The van der Waals surface area contributed by atoms with Crippen molar-refractivity contribution in [2.24, 2.45) is 5.92 Å². The molecule has 16 heavy (non-hydrogen) atoms. The first-order valence-electron chi connectivity index (χ1n) is 5.64. The fraction of sp³-hybridized carbons (Fsp3) is 0.909. The van der Waals surface area contributed by atoms with Crippen molar-refractivity contribution in [3.63, 3.8) is 0 Å². The smallest absolute Gasteiger partial charge is 0.225 e. The number of amides is 1. The molecule has 94 valence electrons. The molecule has 2 N–H and O–H groups in total. The van der Waals surface area contributed by atoms with E-state index in [0.717, 1.165) is 13.0 Å². The van der Waals surface area contributed by atoms with Crippen LogP contribution in [0, 0.1) is 5.92 Å². The van der Waals surface area contributed by atoms with E-state index in [9.17, 15) is 9.90 Å². The van der Waals surface area contributed by atoms with E-state index >= 15 is 0 Å². The zero-order valence-electron chi connectivity index (χ0n) is 10.4. The normalized spacial score (nSPS) is 30.1. The number of methoxy groups -OCH3 is 1. The van der Waals surface area contributed by atoms with E-state index < -0.39 is 12.0 Å². The lowest BCUT2D eigenvalue weighted by molar-refractivity contribution is -0.128. The van der Waals surface area contributed by atoms with Gasteiger partial charge in [-0.2, -0.15) is 0 Å². The minimum atomic E-state index is -0.648. The molecule has 1 amide bonds. The summed E-state index contributed by atoms with van der Waals surface area (Å²) >= 11 is 0. The number of hydrogen-bond donors (Lipinski definition) is 2. The van der Waals surface area contributed by atoms with Gasteiger partial charge < -0.3 is 15.2 Å². The second-order valence-corrected chi connectivity index (χ2v) is 4.49. The summed E-state index contributed by atoms with van der Waals surface area (Å²) in [5, 5.41) is 12.7. The van der Waals surface area contributed by atoms with Gasteiger partial charge in [0.1, 0.15) is 0 Å². The molecule has 4 atom stereocenters. The quantitative estimate of drug-likeness (QED) is 0.680. The van der Waals surface area contributed by atoms with Gasteiger partial charge in [0.05, 0.1) is 18.1 Å². The van der Waals surface area contributed by atoms with E-state index in [1.807, 2.05) is 7.05 Å². The highest BCUT2D eigenvalue weighted by Gasteiger charge is 2.38. The van der Waals surface area contributed by atoms with Crippen LogP contribution in [-0.4, -0.2) is 61.9 Å². The fourth-order valence-electron chi connectivity index (χ4n) is 2.27. The van der Waals surface area contributed by atoms with E-state index in [1.54, 1.807) is 21.1 Å². The number of aliphatic hydroxyl groups is 1. The molecular formula is C11H22N2O3. The number of nitrogens with one attached hydrogen (secondary N) is 1. The molecule has 1 heterocycles. The Labute approximate surface area is 96.8 Å². The number of carbonyl (C=O) groups is 1. The van der Waals surface area contributed by atoms with Gasteiger partial charge in [-0.25, -0.2) is 0 Å². The molecule has 1 fully saturated rings. The van der Waals surface area contributed by atoms with Crippen LogP contribution >= 0.6 is 0 Å². The zero-order valence-corrected chi connectivity index (χ0v) is 10.4. The van der Waals surface area contributed by atoms with Crippen molar-refractivity contribution in [3.05, 3.63) is 0 Å². The predicted octanol–water partition coefficient (Wildman–Crippen LogP) is -0.551. The lowest BCUT2D eigenvalue weighted by atomic mass is 9.95. The molecule has 0 bridgehead atoms. The first-order valence-corrected chi connectivity index (χ1v) is 5.64. The number of nitrogens with zero attached hydrogens (tertiary/aromatic N) is 1. The van der Waals surface area contributed by atoms with Crippen molar-refractivity contribution in [2.75, 3.05) is 27.7 Å². The number of aliphatic hydroxyl groups excluding tert-OH is 1. The van der Waals surface area contributed by atoms with Crippen LogP contribution in [0.4, 0.5) is 0 Å². The number of carbonyl (C=O) groups excluding carboxylic acids is 1. The Kier molecular flexibility index (Phi) is 4.70. The van der Waals surface area contributed by atoms with E-state index in [0.29, 0.717) is 0 Å². The maximum atomic E-state index is 11.4. The minimum Gasteiger partial charge on any atom is -0.391 e. The molecule has 0 saturated carbocycles. The van der Waals surface area contributed by atoms with Crippen LogP contribution in [0.5, 0.6) is 0 Å². The van der Waals surface area contributed by atoms with Gasteiger partial charge in [0.2, 0.25) is 5.91 Å². The number of likely N-dealkylation sites (tertiary alicyclic amines) is 1. The molecule has 0 radical (unpaired) electrons. The third-order valence-corrected chi connectivity index (χ3v) is 3.46. The van der Waals surface area contributed by atoms with Crippen molar-refractivity contribution in [2.45, 2.75) is 31.6 Å². The van der Waals surface area contributed by atoms with Crippen LogP contribution < -0.4 is 5.32 Å². The average molecular weight is 230 g/mol. The molecule has 2 unspecified atom stereocenters. The molecule has 0 aromatic rings. The van der Waals surface area contributed by atoms with Crippen LogP contribution in [0.3, 0.4) is 0 Å². The standard InChI is InChI=1S/C11H22N2O3/c1-7(11(15)12-2)10(14)9-5-8(16-4)6-13(9)3/h7-10,14H,5-6H2,1-4H3,(H,12,15)/t7-,8?,9-,10?/m0/s1. The summed E-state index contributed by atoms with van der Waals surface area (Å²) < 4.78 is 5.28. The van der Waals surface area contributed by atoms with Gasteiger partial charge >= 0.3 is 0 Å². The van der Waals surface area contributed by atoms with Crippen LogP contribution in [0.1, 0.15) is 13.3 Å². The highest BCUT2D eigenvalue weighted by Crippen LogP contribution is 2.24. The first kappa shape index (κ1) is 13.4. The number of likely N-dealkylation sites (N-methyl/N-ethyl adjacent to an activating group) is 1. The van der Waals surface area contributed by atoms with Crippen LogP contribution in [0.2, 0.25) is 0 Å². The summed E-state index contributed by atoms with van der Waals surface area (Å²) in [6.45, 7) is 2.55. The monoisotopic (exact) mass is 230 g/mol. The SMILES string of the molecule is CNC(=O)[C@@H](C)C(O)[C@@H]1CC(OC)CN1C. The number of rotatable bonds is 4. The summed E-state index contributed by atoms with van der Waals surface area (Å²) in [6, 6.07) is -0.00255. The highest BCUT2D eigenvalue weighted by atomic mass is 16.5. The molecule has 0 aliphatic carbocycles. The third-order valence-electron chi connectivity index (χ3n) is 3.46. The summed E-state index contributed by atoms with van der Waals surface area (Å²) in [5.41, 5.74) is 0. The Morgan fingerprint density at radius 3 is 2.69 bits per heavy atom. The van der Waals surface area contributed by atoms with E-state index in [-0.39, 0.29) is 18.1 Å². The topological polar surface area (TPSA) is 61.8 Å². The van der Waals surface area contributed by atoms with Crippen molar-refractivity contribution in [1.82, 2.24) is 10.2 Å². The van der Waals surface area contributed by atoms with Crippen molar-refractivity contribution in [1.29, 1.82) is 0 Å². The number of hydrogen-bond acceptors (Lipinski definition) is 4. The van der Waals surface area contributed by atoms with Crippen LogP contribution in [0.15, 0.2) is 0 Å². The molecule has 1 rings (SSSR count). The van der Waals surface area contributed by atoms with Gasteiger partial charge in [-0.3, -0.25) is 9.69 Å². The van der Waals surface area contributed by atoms with Gasteiger partial charge in [-0.15, -0.1) is 0 Å². The van der Waals surface area contributed by atoms with Gasteiger partial charge in [0.25, 0.3) is 0 Å². The molecule has 5 nitrogen and oxygen atoms in total. The van der Waals surface area contributed by atoms with E-state index in [2.05, 4.69) is 10.2 Å². The van der Waals surface area contributed by atoms with Crippen molar-refractivity contribution >= 4 is 5.91 Å². The Morgan fingerprint density at radius 2 is 2.25 bits per heavy atom. The molecule has 0 aromatic heterocycles. The van der Waals surface area contributed by atoms with Crippen molar-refractivity contribution < 1.29 is 14.6 Å². The largest absolute Gasteiger partial charge is 0.391 e. The summed E-state index contributed by atoms with van der Waals surface area (Å²) in [4.78, 5) is 13.5.